The first-order valence-corrected chi connectivity index (χ1v) is 26.9. The van der Waals surface area contributed by atoms with Crippen LogP contribution in [0, 0.1) is 0 Å². The lowest BCUT2D eigenvalue weighted by Gasteiger charge is -2.42. The molecule has 14 rings (SSSR count). The fraction of sp³-hybridized carbons (Fsp3) is 0.0857. The monoisotopic (exact) mass is 1030 g/mol. The molecule has 382 valence electrons. The molecule has 8 heterocycles. The molecule has 0 spiro atoms. The summed E-state index contributed by atoms with van der Waals surface area (Å²) in [5, 5.41) is 0. The largest absolute Gasteiger partial charge is 0.310 e. The molecule has 80 heavy (non-hydrogen) atoms. The Morgan fingerprint density at radius 3 is 1.01 bits per heavy atom. The van der Waals surface area contributed by atoms with Gasteiger partial charge < -0.3 is 9.80 Å². The molecule has 12 aromatic rings. The molecule has 6 aromatic heterocycles. The van der Waals surface area contributed by atoms with Crippen molar-refractivity contribution in [3.63, 3.8) is 0 Å². The summed E-state index contributed by atoms with van der Waals surface area (Å²) < 4.78 is 0. The lowest BCUT2D eigenvalue weighted by Crippen LogP contribution is -2.30. The molecule has 0 saturated heterocycles. The number of hydrogen-bond acceptors (Lipinski definition) is 10. The van der Waals surface area contributed by atoms with Crippen molar-refractivity contribution in [1.29, 1.82) is 0 Å². The van der Waals surface area contributed by atoms with Gasteiger partial charge in [0.25, 0.3) is 0 Å². The van der Waals surface area contributed by atoms with Gasteiger partial charge in [-0.05, 0) is 143 Å². The normalized spacial score (nSPS) is 13.7. The molecule has 0 N–H and O–H groups in total. The van der Waals surface area contributed by atoms with Gasteiger partial charge in [-0.25, -0.2) is 19.9 Å². The highest BCUT2D eigenvalue weighted by Crippen LogP contribution is 2.55. The van der Waals surface area contributed by atoms with Crippen molar-refractivity contribution >= 4 is 34.1 Å². The fourth-order valence-electron chi connectivity index (χ4n) is 11.8. The SMILES string of the molecule is CC1(C)c2ccccc2N(c2ccc(-c3ccc(N4c5ccccc5C(C)(C)c5ccccc54)cc3-c3cc(-c4cccnc4)nc(-c4ccccn4)n3)c(-c3cc(-c4cccnc4)nc(-c4ccccn4)n3)c2)c2ccccc21. The van der Waals surface area contributed by atoms with Gasteiger partial charge in [-0.1, -0.05) is 125 Å². The number of para-hydroxylation sites is 4. The van der Waals surface area contributed by atoms with Crippen LogP contribution >= 0.6 is 0 Å². The number of aromatic nitrogens is 8. The van der Waals surface area contributed by atoms with E-state index in [1.165, 1.54) is 22.3 Å². The summed E-state index contributed by atoms with van der Waals surface area (Å²) in [7, 11) is 0. The standard InChI is InChI=1S/C70H52N10/c1-69(2)53-21-5-9-27-63(53)79(64-28-10-6-22-54(64)69)47-31-33-49(51(39-47)61-41-59(45-19-17-35-71-43-45)75-67(77-61)57-25-13-15-37-73-57)50-34-32-48(80-65-29-11-7-23-55(65)70(3,4)56-24-8-12-30-66(56)80)40-52(50)62-42-60(46-20-18-36-72-44-46)76-68(78-62)58-26-14-16-38-74-58/h5-44H,1-4H3. The average Bonchev–Trinajstić information content (AvgIpc) is 3.31. The third-order valence-electron chi connectivity index (χ3n) is 15.8. The minimum absolute atomic E-state index is 0.253. The number of benzene rings is 6. The van der Waals surface area contributed by atoms with Crippen LogP contribution in [0.1, 0.15) is 49.9 Å². The first-order chi connectivity index (χ1) is 39.2. The lowest BCUT2D eigenvalue weighted by molar-refractivity contribution is 0.632. The molecule has 0 bridgehead atoms. The van der Waals surface area contributed by atoms with Gasteiger partial charge in [0.05, 0.1) is 45.5 Å². The molecule has 0 amide bonds. The van der Waals surface area contributed by atoms with Gasteiger partial charge in [0.15, 0.2) is 11.6 Å². The van der Waals surface area contributed by atoms with Crippen molar-refractivity contribution in [2.24, 2.45) is 0 Å². The van der Waals surface area contributed by atoms with E-state index < -0.39 is 0 Å². The van der Waals surface area contributed by atoms with Crippen LogP contribution in [0.15, 0.2) is 243 Å². The Hall–Kier alpha value is -10.3. The van der Waals surface area contributed by atoms with Crippen molar-refractivity contribution in [3.05, 3.63) is 266 Å². The van der Waals surface area contributed by atoms with E-state index in [4.69, 9.17) is 29.9 Å². The molecule has 0 fully saturated rings. The molecular formula is C70H52N10. The highest BCUT2D eigenvalue weighted by Gasteiger charge is 2.39. The summed E-state index contributed by atoms with van der Waals surface area (Å²) >= 11 is 0. The summed E-state index contributed by atoms with van der Waals surface area (Å²) in [6.45, 7) is 9.26. The van der Waals surface area contributed by atoms with Gasteiger partial charge in [-0.15, -0.1) is 0 Å². The number of rotatable bonds is 9. The maximum atomic E-state index is 5.49. The van der Waals surface area contributed by atoms with Crippen LogP contribution in [-0.2, 0) is 10.8 Å². The Kier molecular flexibility index (Phi) is 11.6. The van der Waals surface area contributed by atoms with Crippen molar-refractivity contribution in [2.75, 3.05) is 9.80 Å². The summed E-state index contributed by atoms with van der Waals surface area (Å²) in [4.78, 5) is 44.8. The first kappa shape index (κ1) is 48.1. The minimum atomic E-state index is -0.253. The molecule has 10 heteroatoms. The quantitative estimate of drug-likeness (QED) is 0.139. The molecule has 0 unspecified atom stereocenters. The number of hydrogen-bond donors (Lipinski definition) is 0. The Morgan fingerprint density at radius 2 is 0.662 bits per heavy atom. The van der Waals surface area contributed by atoms with Gasteiger partial charge in [0.2, 0.25) is 0 Å². The molecule has 2 aliphatic rings. The predicted molar refractivity (Wildman–Crippen MR) is 320 cm³/mol. The van der Waals surface area contributed by atoms with Crippen molar-refractivity contribution in [3.8, 4) is 79.2 Å². The number of nitrogens with zero attached hydrogens (tertiary/aromatic N) is 10. The topological polar surface area (TPSA) is 110 Å². The molecule has 6 aromatic carbocycles. The molecule has 10 nitrogen and oxygen atoms in total. The Balaban J connectivity index is 1.08. The van der Waals surface area contributed by atoms with Gasteiger partial charge in [0.1, 0.15) is 11.4 Å². The van der Waals surface area contributed by atoms with E-state index in [1.807, 2.05) is 73.1 Å². The van der Waals surface area contributed by atoms with Crippen LogP contribution in [0.2, 0.25) is 0 Å². The van der Waals surface area contributed by atoms with E-state index in [1.54, 1.807) is 24.8 Å². The summed E-state index contributed by atoms with van der Waals surface area (Å²) in [6.07, 6.45) is 10.8. The van der Waals surface area contributed by atoms with E-state index in [0.717, 1.165) is 67.5 Å². The molecule has 0 aliphatic carbocycles. The highest BCUT2D eigenvalue weighted by atomic mass is 15.2. The maximum absolute atomic E-state index is 5.49. The Labute approximate surface area is 465 Å². The zero-order valence-electron chi connectivity index (χ0n) is 44.6. The smallest absolute Gasteiger partial charge is 0.179 e. The maximum Gasteiger partial charge on any atom is 0.179 e. The van der Waals surface area contributed by atoms with Crippen LogP contribution < -0.4 is 9.80 Å². The fourth-order valence-corrected chi connectivity index (χ4v) is 11.8. The minimum Gasteiger partial charge on any atom is -0.310 e. The highest BCUT2D eigenvalue weighted by molar-refractivity contribution is 5.98. The second-order valence-electron chi connectivity index (χ2n) is 21.3. The van der Waals surface area contributed by atoms with E-state index in [9.17, 15) is 0 Å². The molecule has 2 aliphatic heterocycles. The average molecular weight is 1030 g/mol. The summed E-state index contributed by atoms with van der Waals surface area (Å²) in [5.41, 5.74) is 20.3. The third-order valence-corrected chi connectivity index (χ3v) is 15.8. The summed E-state index contributed by atoms with van der Waals surface area (Å²) in [5.74, 6) is 0.984. The number of anilines is 6. The van der Waals surface area contributed by atoms with E-state index in [2.05, 4.69) is 193 Å². The zero-order valence-corrected chi connectivity index (χ0v) is 44.6. The van der Waals surface area contributed by atoms with Gasteiger partial charge in [-0.2, -0.15) is 0 Å². The van der Waals surface area contributed by atoms with Crippen LogP contribution in [-0.4, -0.2) is 39.9 Å². The van der Waals surface area contributed by atoms with E-state index in [-0.39, 0.29) is 10.8 Å². The van der Waals surface area contributed by atoms with Gasteiger partial charge >= 0.3 is 0 Å². The molecule has 0 atom stereocenters. The summed E-state index contributed by atoms with van der Waals surface area (Å²) in [6, 6.07) is 72.3. The molecule has 0 saturated carbocycles. The van der Waals surface area contributed by atoms with Crippen LogP contribution in [0.3, 0.4) is 0 Å². The van der Waals surface area contributed by atoms with Crippen LogP contribution in [0.4, 0.5) is 34.1 Å². The molecule has 0 radical (unpaired) electrons. The lowest BCUT2D eigenvalue weighted by atomic mass is 9.73. The Bertz CT molecular complexity index is 3820. The van der Waals surface area contributed by atoms with Crippen LogP contribution in [0.5, 0.6) is 0 Å². The predicted octanol–water partition coefficient (Wildman–Crippen LogP) is 16.7. The Morgan fingerprint density at radius 1 is 0.300 bits per heavy atom. The number of pyridine rings is 4. The van der Waals surface area contributed by atoms with Crippen molar-refractivity contribution in [1.82, 2.24) is 39.9 Å². The van der Waals surface area contributed by atoms with Gasteiger partial charge in [-0.3, -0.25) is 19.9 Å². The zero-order chi connectivity index (χ0) is 54.0. The van der Waals surface area contributed by atoms with E-state index >= 15 is 0 Å². The second-order valence-corrected chi connectivity index (χ2v) is 21.3. The first-order valence-electron chi connectivity index (χ1n) is 26.9. The number of fused-ring (bicyclic) bond motifs is 4. The third kappa shape index (κ3) is 8.19. The second kappa shape index (κ2) is 19.3. The van der Waals surface area contributed by atoms with E-state index in [0.29, 0.717) is 45.8 Å². The van der Waals surface area contributed by atoms with Crippen molar-refractivity contribution in [2.45, 2.75) is 38.5 Å². The van der Waals surface area contributed by atoms with Crippen LogP contribution in [0.25, 0.3) is 79.2 Å². The van der Waals surface area contributed by atoms with Crippen molar-refractivity contribution < 1.29 is 0 Å². The van der Waals surface area contributed by atoms with Gasteiger partial charge in [0, 0.05) is 81.6 Å². The molecular weight excluding hydrogens is 981 g/mol.